The molecule has 3 rings (SSSR count). The smallest absolute Gasteiger partial charge is 0.227 e. The molecule has 3 aromatic heterocycles. The Morgan fingerprint density at radius 3 is 2.83 bits per heavy atom. The second-order valence-corrected chi connectivity index (χ2v) is 5.00. The van der Waals surface area contributed by atoms with Crippen LogP contribution in [0.1, 0.15) is 23.8 Å². The minimum absolute atomic E-state index is 0.166. The molecule has 1 N–H and O–H groups in total. The zero-order valence-corrected chi connectivity index (χ0v) is 12.7. The Morgan fingerprint density at radius 2 is 2.13 bits per heavy atom. The van der Waals surface area contributed by atoms with Crippen LogP contribution in [0.2, 0.25) is 0 Å². The summed E-state index contributed by atoms with van der Waals surface area (Å²) in [5, 5.41) is 10.4. The van der Waals surface area contributed by atoms with E-state index in [1.807, 2.05) is 6.07 Å². The average Bonchev–Trinajstić information content (AvgIpc) is 3.16. The molecule has 0 atom stereocenters. The van der Waals surface area contributed by atoms with E-state index in [0.717, 1.165) is 5.56 Å². The van der Waals surface area contributed by atoms with Gasteiger partial charge in [0.25, 0.3) is 0 Å². The molecule has 0 unspecified atom stereocenters. The van der Waals surface area contributed by atoms with Crippen molar-refractivity contribution < 1.29 is 13.8 Å². The van der Waals surface area contributed by atoms with Crippen molar-refractivity contribution in [1.29, 1.82) is 0 Å². The molecular formula is C15H15N5O3. The van der Waals surface area contributed by atoms with Crippen molar-refractivity contribution in [3.63, 3.8) is 0 Å². The zero-order chi connectivity index (χ0) is 16.2. The SMILES string of the molecule is Cc1noc(C)c1NC(=O)CCc1nc(-c2cccnc2)no1. The zero-order valence-electron chi connectivity index (χ0n) is 12.7. The number of anilines is 1. The van der Waals surface area contributed by atoms with Gasteiger partial charge in [0.15, 0.2) is 5.76 Å². The van der Waals surface area contributed by atoms with Crippen LogP contribution in [0.25, 0.3) is 11.4 Å². The second kappa shape index (κ2) is 6.39. The monoisotopic (exact) mass is 313 g/mol. The molecule has 0 radical (unpaired) electrons. The van der Waals surface area contributed by atoms with E-state index in [1.165, 1.54) is 0 Å². The maximum absolute atomic E-state index is 12.0. The molecule has 0 aliphatic rings. The lowest BCUT2D eigenvalue weighted by molar-refractivity contribution is -0.116. The first-order chi connectivity index (χ1) is 11.1. The fourth-order valence-electron chi connectivity index (χ4n) is 2.05. The van der Waals surface area contributed by atoms with E-state index in [-0.39, 0.29) is 12.3 Å². The molecule has 0 aliphatic heterocycles. The lowest BCUT2D eigenvalue weighted by Gasteiger charge is -2.02. The summed E-state index contributed by atoms with van der Waals surface area (Å²) in [5.74, 6) is 1.27. The summed E-state index contributed by atoms with van der Waals surface area (Å²) in [6, 6.07) is 3.63. The summed E-state index contributed by atoms with van der Waals surface area (Å²) in [4.78, 5) is 20.2. The Hall–Kier alpha value is -3.03. The molecule has 118 valence electrons. The first-order valence-corrected chi connectivity index (χ1v) is 7.09. The van der Waals surface area contributed by atoms with Gasteiger partial charge in [-0.25, -0.2) is 0 Å². The van der Waals surface area contributed by atoms with Crippen LogP contribution in [0.4, 0.5) is 5.69 Å². The summed E-state index contributed by atoms with van der Waals surface area (Å²) in [7, 11) is 0. The molecule has 0 bridgehead atoms. The summed E-state index contributed by atoms with van der Waals surface area (Å²) < 4.78 is 10.2. The fraction of sp³-hybridized carbons (Fsp3) is 0.267. The van der Waals surface area contributed by atoms with Gasteiger partial charge in [0.2, 0.25) is 17.6 Å². The third-order valence-corrected chi connectivity index (χ3v) is 3.25. The number of carbonyl (C=O) groups excluding carboxylic acids is 1. The first kappa shape index (κ1) is 14.9. The Kier molecular flexibility index (Phi) is 4.13. The number of aromatic nitrogens is 4. The molecule has 1 amide bonds. The van der Waals surface area contributed by atoms with Crippen molar-refractivity contribution in [2.24, 2.45) is 0 Å². The molecule has 0 spiro atoms. The van der Waals surface area contributed by atoms with Gasteiger partial charge in [-0.2, -0.15) is 4.98 Å². The minimum Gasteiger partial charge on any atom is -0.359 e. The highest BCUT2D eigenvalue weighted by Gasteiger charge is 2.14. The fourth-order valence-corrected chi connectivity index (χ4v) is 2.05. The molecule has 0 saturated heterocycles. The molecule has 3 aromatic rings. The van der Waals surface area contributed by atoms with E-state index in [4.69, 9.17) is 9.05 Å². The van der Waals surface area contributed by atoms with Crippen LogP contribution >= 0.6 is 0 Å². The Labute approximate surface area is 131 Å². The van der Waals surface area contributed by atoms with Crippen molar-refractivity contribution in [1.82, 2.24) is 20.3 Å². The van der Waals surface area contributed by atoms with Gasteiger partial charge in [-0.15, -0.1) is 0 Å². The van der Waals surface area contributed by atoms with Gasteiger partial charge in [-0.05, 0) is 26.0 Å². The molecule has 8 heteroatoms. The summed E-state index contributed by atoms with van der Waals surface area (Å²) in [6.07, 6.45) is 3.89. The maximum atomic E-state index is 12.0. The van der Waals surface area contributed by atoms with Crippen LogP contribution in [0.15, 0.2) is 33.6 Å². The molecule has 0 fully saturated rings. The second-order valence-electron chi connectivity index (χ2n) is 5.00. The van der Waals surface area contributed by atoms with Gasteiger partial charge in [-0.1, -0.05) is 10.3 Å². The molecule has 3 heterocycles. The van der Waals surface area contributed by atoms with E-state index < -0.39 is 0 Å². The predicted octanol–water partition coefficient (Wildman–Crippen LogP) is 2.31. The van der Waals surface area contributed by atoms with Crippen LogP contribution in [-0.2, 0) is 11.2 Å². The highest BCUT2D eigenvalue weighted by molar-refractivity contribution is 5.91. The van der Waals surface area contributed by atoms with E-state index in [1.54, 1.807) is 32.3 Å². The predicted molar refractivity (Wildman–Crippen MR) is 80.5 cm³/mol. The van der Waals surface area contributed by atoms with Crippen LogP contribution in [0.3, 0.4) is 0 Å². The van der Waals surface area contributed by atoms with E-state index in [2.05, 4.69) is 25.6 Å². The number of nitrogens with zero attached hydrogens (tertiary/aromatic N) is 4. The summed E-state index contributed by atoms with van der Waals surface area (Å²) in [5.41, 5.74) is 2.02. The van der Waals surface area contributed by atoms with Gasteiger partial charge >= 0.3 is 0 Å². The number of nitrogens with one attached hydrogen (secondary N) is 1. The highest BCUT2D eigenvalue weighted by Crippen LogP contribution is 2.19. The normalized spacial score (nSPS) is 10.7. The van der Waals surface area contributed by atoms with Crippen LogP contribution in [0.5, 0.6) is 0 Å². The Morgan fingerprint density at radius 1 is 1.26 bits per heavy atom. The number of carbonyl (C=O) groups is 1. The van der Waals surface area contributed by atoms with Crippen LogP contribution in [-0.4, -0.2) is 26.2 Å². The average molecular weight is 313 g/mol. The Balaban J connectivity index is 1.59. The number of pyridine rings is 1. The molecule has 8 nitrogen and oxygen atoms in total. The van der Waals surface area contributed by atoms with Crippen molar-refractivity contribution in [3.8, 4) is 11.4 Å². The number of rotatable bonds is 5. The Bertz CT molecular complexity index is 790. The van der Waals surface area contributed by atoms with E-state index in [0.29, 0.717) is 35.3 Å². The van der Waals surface area contributed by atoms with Crippen LogP contribution in [0, 0.1) is 13.8 Å². The lowest BCUT2D eigenvalue weighted by Crippen LogP contribution is -2.13. The third kappa shape index (κ3) is 3.42. The molecule has 0 aromatic carbocycles. The number of hydrogen-bond donors (Lipinski definition) is 1. The molecule has 0 aliphatic carbocycles. The number of aryl methyl sites for hydroxylation is 3. The van der Waals surface area contributed by atoms with Gasteiger partial charge < -0.3 is 14.4 Å². The van der Waals surface area contributed by atoms with Crippen LogP contribution < -0.4 is 5.32 Å². The lowest BCUT2D eigenvalue weighted by atomic mass is 10.2. The largest absolute Gasteiger partial charge is 0.359 e. The molecular weight excluding hydrogens is 298 g/mol. The van der Waals surface area contributed by atoms with Crippen molar-refractivity contribution in [3.05, 3.63) is 41.9 Å². The summed E-state index contributed by atoms with van der Waals surface area (Å²) >= 11 is 0. The van der Waals surface area contributed by atoms with Gasteiger partial charge in [0, 0.05) is 30.8 Å². The standard InChI is InChI=1S/C15H15N5O3/c1-9-14(10(2)22-19-9)17-12(21)5-6-13-18-15(20-23-13)11-4-3-7-16-8-11/h3-4,7-8H,5-6H2,1-2H3,(H,17,21). The highest BCUT2D eigenvalue weighted by atomic mass is 16.5. The maximum Gasteiger partial charge on any atom is 0.227 e. The van der Waals surface area contributed by atoms with Crippen molar-refractivity contribution in [2.45, 2.75) is 26.7 Å². The van der Waals surface area contributed by atoms with Gasteiger partial charge in [-0.3, -0.25) is 9.78 Å². The molecule has 23 heavy (non-hydrogen) atoms. The quantitative estimate of drug-likeness (QED) is 0.770. The number of amides is 1. The minimum atomic E-state index is -0.166. The molecule has 0 saturated carbocycles. The van der Waals surface area contributed by atoms with Crippen molar-refractivity contribution in [2.75, 3.05) is 5.32 Å². The summed E-state index contributed by atoms with van der Waals surface area (Å²) in [6.45, 7) is 3.51. The van der Waals surface area contributed by atoms with Gasteiger partial charge in [0.05, 0.1) is 0 Å². The first-order valence-electron chi connectivity index (χ1n) is 7.09. The topological polar surface area (TPSA) is 107 Å². The number of hydrogen-bond acceptors (Lipinski definition) is 7. The van der Waals surface area contributed by atoms with Crippen molar-refractivity contribution >= 4 is 11.6 Å². The van der Waals surface area contributed by atoms with E-state index in [9.17, 15) is 4.79 Å². The van der Waals surface area contributed by atoms with E-state index >= 15 is 0 Å². The third-order valence-electron chi connectivity index (χ3n) is 3.25. The van der Waals surface area contributed by atoms with Gasteiger partial charge in [0.1, 0.15) is 11.4 Å².